The first kappa shape index (κ1) is 19.9. The van der Waals surface area contributed by atoms with Crippen LogP contribution in [0.2, 0.25) is 0 Å². The highest BCUT2D eigenvalue weighted by atomic mass is 16.7. The summed E-state index contributed by atoms with van der Waals surface area (Å²) in [6.45, 7) is 1.12. The number of ether oxygens (including phenoxy) is 2. The van der Waals surface area contributed by atoms with Crippen LogP contribution in [0.1, 0.15) is 23.6 Å². The van der Waals surface area contributed by atoms with E-state index in [1.54, 1.807) is 30.7 Å². The van der Waals surface area contributed by atoms with Crippen molar-refractivity contribution in [2.45, 2.75) is 19.0 Å². The van der Waals surface area contributed by atoms with Crippen LogP contribution in [-0.2, 0) is 16.1 Å². The number of rotatable bonds is 6. The highest BCUT2D eigenvalue weighted by molar-refractivity contribution is 6.46. The summed E-state index contributed by atoms with van der Waals surface area (Å²) < 4.78 is 12.6. The number of carbonyl (C=O) groups excluding carboxylic acids is 2. The lowest BCUT2D eigenvalue weighted by Gasteiger charge is -2.25. The van der Waals surface area contributed by atoms with E-state index in [1.807, 2.05) is 41.1 Å². The number of nitrogens with zero attached hydrogens (tertiary/aromatic N) is 3. The molecule has 2 aliphatic rings. The molecule has 1 unspecified atom stereocenters. The number of Topliss-reactive ketones (excluding diaryl/α,β-unsaturated/α-hetero) is 1. The van der Waals surface area contributed by atoms with Gasteiger partial charge in [-0.2, -0.15) is 0 Å². The number of imidazole rings is 1. The first-order chi connectivity index (χ1) is 15.6. The van der Waals surface area contributed by atoms with Crippen LogP contribution in [0.3, 0.4) is 0 Å². The highest BCUT2D eigenvalue weighted by Crippen LogP contribution is 2.41. The van der Waals surface area contributed by atoms with Crippen molar-refractivity contribution in [3.05, 3.63) is 84.0 Å². The molecule has 1 fully saturated rings. The van der Waals surface area contributed by atoms with Gasteiger partial charge in [0.1, 0.15) is 5.76 Å². The molecule has 5 rings (SSSR count). The maximum atomic E-state index is 13.1. The average Bonchev–Trinajstić information content (AvgIpc) is 3.55. The van der Waals surface area contributed by atoms with Crippen molar-refractivity contribution in [3.63, 3.8) is 0 Å². The highest BCUT2D eigenvalue weighted by Gasteiger charge is 2.45. The zero-order valence-electron chi connectivity index (χ0n) is 17.2. The molecule has 0 radical (unpaired) electrons. The normalized spacial score (nSPS) is 19.0. The molecule has 8 heteroatoms. The fraction of sp³-hybridized carbons (Fsp3) is 0.208. The lowest BCUT2D eigenvalue weighted by atomic mass is 9.95. The third-order valence-electron chi connectivity index (χ3n) is 5.68. The molecular weight excluding hydrogens is 410 g/mol. The number of aromatic nitrogens is 2. The maximum Gasteiger partial charge on any atom is 0.295 e. The van der Waals surface area contributed by atoms with Crippen molar-refractivity contribution < 1.29 is 24.2 Å². The predicted octanol–water partition coefficient (Wildman–Crippen LogP) is 3.12. The smallest absolute Gasteiger partial charge is 0.295 e. The molecule has 1 atom stereocenters. The standard InChI is InChI=1S/C24H21N3O5/c28-22(17-7-8-18-19(13-17)32-15-31-18)20-21(16-5-2-1-3-6-16)27(24(30)23(20)29)11-4-10-26-12-9-25-14-26/h1-3,5-9,12-14,21,28H,4,10-11,15H2/b22-20+. The molecule has 1 N–H and O–H groups in total. The second-order valence-corrected chi connectivity index (χ2v) is 7.63. The summed E-state index contributed by atoms with van der Waals surface area (Å²) in [6.07, 6.45) is 5.89. The van der Waals surface area contributed by atoms with Crippen molar-refractivity contribution in [2.75, 3.05) is 13.3 Å². The van der Waals surface area contributed by atoms with Crippen molar-refractivity contribution >= 4 is 17.4 Å². The average molecular weight is 431 g/mol. The molecule has 2 aromatic carbocycles. The van der Waals surface area contributed by atoms with Crippen LogP contribution in [0.4, 0.5) is 0 Å². The Balaban J connectivity index is 1.52. The van der Waals surface area contributed by atoms with Gasteiger partial charge in [-0.3, -0.25) is 9.59 Å². The van der Waals surface area contributed by atoms with E-state index in [9.17, 15) is 14.7 Å². The number of benzene rings is 2. The van der Waals surface area contributed by atoms with E-state index < -0.39 is 17.7 Å². The van der Waals surface area contributed by atoms with Gasteiger partial charge in [0.05, 0.1) is 17.9 Å². The molecule has 3 heterocycles. The molecule has 8 nitrogen and oxygen atoms in total. The zero-order valence-corrected chi connectivity index (χ0v) is 17.2. The number of fused-ring (bicyclic) bond motifs is 1. The van der Waals surface area contributed by atoms with Crippen LogP contribution in [0.25, 0.3) is 5.76 Å². The summed E-state index contributed by atoms with van der Waals surface area (Å²) in [6, 6.07) is 13.5. The van der Waals surface area contributed by atoms with E-state index >= 15 is 0 Å². The second kappa shape index (κ2) is 8.22. The number of hydrogen-bond donors (Lipinski definition) is 1. The van der Waals surface area contributed by atoms with Gasteiger partial charge in [-0.05, 0) is 30.2 Å². The largest absolute Gasteiger partial charge is 0.507 e. The molecule has 0 bridgehead atoms. The van der Waals surface area contributed by atoms with Gasteiger partial charge in [-0.15, -0.1) is 0 Å². The Bertz CT molecular complexity index is 1190. The van der Waals surface area contributed by atoms with E-state index in [2.05, 4.69) is 4.98 Å². The van der Waals surface area contributed by atoms with E-state index in [-0.39, 0.29) is 18.1 Å². The second-order valence-electron chi connectivity index (χ2n) is 7.63. The number of aliphatic hydroxyl groups is 1. The number of ketones is 1. The van der Waals surface area contributed by atoms with Crippen LogP contribution in [-0.4, -0.2) is 44.6 Å². The summed E-state index contributed by atoms with van der Waals surface area (Å²) in [4.78, 5) is 31.6. The van der Waals surface area contributed by atoms with E-state index in [1.165, 1.54) is 4.90 Å². The minimum Gasteiger partial charge on any atom is -0.507 e. The Labute approximate surface area is 184 Å². The Hall–Kier alpha value is -4.07. The summed E-state index contributed by atoms with van der Waals surface area (Å²) in [5.41, 5.74) is 1.23. The fourth-order valence-corrected chi connectivity index (χ4v) is 4.13. The molecule has 0 spiro atoms. The van der Waals surface area contributed by atoms with Crippen LogP contribution >= 0.6 is 0 Å². The van der Waals surface area contributed by atoms with Crippen molar-refractivity contribution in [1.29, 1.82) is 0 Å². The lowest BCUT2D eigenvalue weighted by Crippen LogP contribution is -2.31. The summed E-state index contributed by atoms with van der Waals surface area (Å²) in [7, 11) is 0. The van der Waals surface area contributed by atoms with Crippen molar-refractivity contribution in [2.24, 2.45) is 0 Å². The van der Waals surface area contributed by atoms with Crippen LogP contribution in [0, 0.1) is 0 Å². The van der Waals surface area contributed by atoms with Crippen molar-refractivity contribution in [1.82, 2.24) is 14.5 Å². The fourth-order valence-electron chi connectivity index (χ4n) is 4.13. The van der Waals surface area contributed by atoms with Gasteiger partial charge in [-0.1, -0.05) is 30.3 Å². The monoisotopic (exact) mass is 431 g/mol. The Kier molecular flexibility index (Phi) is 5.10. The van der Waals surface area contributed by atoms with Crippen molar-refractivity contribution in [3.8, 4) is 11.5 Å². The zero-order chi connectivity index (χ0) is 22.1. The number of hydrogen-bond acceptors (Lipinski definition) is 6. The van der Waals surface area contributed by atoms with Crippen LogP contribution < -0.4 is 9.47 Å². The lowest BCUT2D eigenvalue weighted by molar-refractivity contribution is -0.139. The SMILES string of the molecule is O=C1C(=O)N(CCCn2ccnc2)C(c2ccccc2)/C1=C(\O)c1ccc2c(c1)OCO2. The van der Waals surface area contributed by atoms with Gasteiger partial charge in [0.25, 0.3) is 11.7 Å². The van der Waals surface area contributed by atoms with E-state index in [4.69, 9.17) is 9.47 Å². The van der Waals surface area contributed by atoms with Gasteiger partial charge in [-0.25, -0.2) is 4.98 Å². The summed E-state index contributed by atoms with van der Waals surface area (Å²) >= 11 is 0. The number of likely N-dealkylation sites (tertiary alicyclic amines) is 1. The quantitative estimate of drug-likeness (QED) is 0.366. The van der Waals surface area contributed by atoms with Gasteiger partial charge in [0.15, 0.2) is 11.5 Å². The third-order valence-corrected chi connectivity index (χ3v) is 5.68. The first-order valence-electron chi connectivity index (χ1n) is 10.3. The molecule has 2 aliphatic heterocycles. The number of carbonyl (C=O) groups is 2. The molecule has 1 amide bonds. The number of aliphatic hydroxyl groups excluding tert-OH is 1. The van der Waals surface area contributed by atoms with E-state index in [0.29, 0.717) is 36.6 Å². The summed E-state index contributed by atoms with van der Waals surface area (Å²) in [5, 5.41) is 11.1. The molecule has 0 aliphatic carbocycles. The minimum absolute atomic E-state index is 0.0719. The number of amides is 1. The molecule has 1 saturated heterocycles. The molecule has 1 aromatic heterocycles. The van der Waals surface area contributed by atoms with Gasteiger partial charge in [0, 0.05) is 31.0 Å². The minimum atomic E-state index is -0.698. The molecule has 162 valence electrons. The summed E-state index contributed by atoms with van der Waals surface area (Å²) in [5.74, 6) is -0.489. The van der Waals surface area contributed by atoms with Crippen LogP contribution in [0.15, 0.2) is 72.8 Å². The van der Waals surface area contributed by atoms with Gasteiger partial charge < -0.3 is 24.0 Å². The topological polar surface area (TPSA) is 93.9 Å². The van der Waals surface area contributed by atoms with Gasteiger partial charge in [0.2, 0.25) is 6.79 Å². The Morgan fingerprint density at radius 1 is 1.06 bits per heavy atom. The molecule has 32 heavy (non-hydrogen) atoms. The predicted molar refractivity (Wildman–Crippen MR) is 115 cm³/mol. The van der Waals surface area contributed by atoms with Gasteiger partial charge >= 0.3 is 0 Å². The first-order valence-corrected chi connectivity index (χ1v) is 10.3. The maximum absolute atomic E-state index is 13.1. The van der Waals surface area contributed by atoms with Crippen LogP contribution in [0.5, 0.6) is 11.5 Å². The molecular formula is C24H21N3O5. The number of aryl methyl sites for hydroxylation is 1. The Morgan fingerprint density at radius 3 is 2.66 bits per heavy atom. The molecule has 3 aromatic rings. The Morgan fingerprint density at radius 2 is 1.88 bits per heavy atom. The third kappa shape index (κ3) is 3.49. The van der Waals surface area contributed by atoms with E-state index in [0.717, 1.165) is 5.56 Å². The molecule has 0 saturated carbocycles.